The van der Waals surface area contributed by atoms with Gasteiger partial charge in [0, 0.05) is 6.04 Å². The second-order valence-electron chi connectivity index (χ2n) is 7.01. The Kier molecular flexibility index (Phi) is 8.08. The van der Waals surface area contributed by atoms with Crippen LogP contribution in [-0.4, -0.2) is 33.5 Å². The average molecular weight is 419 g/mol. The number of carbonyl (C=O) groups excluding carboxylic acids is 1. The summed E-state index contributed by atoms with van der Waals surface area (Å²) in [5.74, 6) is 0.264. The minimum atomic E-state index is -3.92. The van der Waals surface area contributed by atoms with Crippen LogP contribution < -0.4 is 14.4 Å². The molecule has 0 bridgehead atoms. The lowest BCUT2D eigenvalue weighted by molar-refractivity contribution is -0.120. The molecule has 1 amide bonds. The van der Waals surface area contributed by atoms with Gasteiger partial charge in [-0.3, -0.25) is 9.10 Å². The lowest BCUT2D eigenvalue weighted by Gasteiger charge is -2.25. The molecule has 6 nitrogen and oxygen atoms in total. The number of hydrogen-bond donors (Lipinski definition) is 1. The van der Waals surface area contributed by atoms with Crippen molar-refractivity contribution in [2.24, 2.45) is 0 Å². The first-order chi connectivity index (χ1) is 13.8. The van der Waals surface area contributed by atoms with E-state index in [9.17, 15) is 13.2 Å². The quantitative estimate of drug-likeness (QED) is 0.635. The Balaban J connectivity index is 2.35. The van der Waals surface area contributed by atoms with Gasteiger partial charge in [-0.25, -0.2) is 8.42 Å². The molecule has 7 heteroatoms. The fourth-order valence-electron chi connectivity index (χ4n) is 2.98. The van der Waals surface area contributed by atoms with Crippen LogP contribution in [0.5, 0.6) is 5.75 Å². The van der Waals surface area contributed by atoms with E-state index in [1.54, 1.807) is 24.3 Å². The molecule has 2 aromatic rings. The second kappa shape index (κ2) is 10.3. The highest BCUT2D eigenvalue weighted by atomic mass is 32.2. The zero-order valence-corrected chi connectivity index (χ0v) is 18.3. The Morgan fingerprint density at radius 2 is 1.69 bits per heavy atom. The lowest BCUT2D eigenvalue weighted by Crippen LogP contribution is -2.43. The molecule has 0 fully saturated rings. The summed E-state index contributed by atoms with van der Waals surface area (Å²) in [5.41, 5.74) is 1.45. The predicted octanol–water partition coefficient (Wildman–Crippen LogP) is 3.89. The summed E-state index contributed by atoms with van der Waals surface area (Å²) in [4.78, 5) is 12.7. The molecule has 0 aliphatic heterocycles. The van der Waals surface area contributed by atoms with E-state index in [0.29, 0.717) is 18.0 Å². The van der Waals surface area contributed by atoms with Crippen molar-refractivity contribution >= 4 is 21.6 Å². The molecule has 0 saturated heterocycles. The average Bonchev–Trinajstić information content (AvgIpc) is 2.68. The van der Waals surface area contributed by atoms with Crippen LogP contribution in [0.3, 0.4) is 0 Å². The van der Waals surface area contributed by atoms with Gasteiger partial charge in [0.05, 0.1) is 17.2 Å². The molecule has 29 heavy (non-hydrogen) atoms. The number of aryl methyl sites for hydroxylation is 1. The highest BCUT2D eigenvalue weighted by Gasteiger charge is 2.27. The van der Waals surface area contributed by atoms with Crippen molar-refractivity contribution in [3.63, 3.8) is 0 Å². The van der Waals surface area contributed by atoms with E-state index < -0.39 is 10.0 Å². The highest BCUT2D eigenvalue weighted by molar-refractivity contribution is 7.92. The highest BCUT2D eigenvalue weighted by Crippen LogP contribution is 2.25. The number of nitrogens with one attached hydrogen (secondary N) is 1. The van der Waals surface area contributed by atoms with Gasteiger partial charge in [0.1, 0.15) is 12.3 Å². The van der Waals surface area contributed by atoms with Gasteiger partial charge in [0.2, 0.25) is 5.91 Å². The van der Waals surface area contributed by atoms with Crippen LogP contribution in [0.25, 0.3) is 0 Å². The molecule has 0 radical (unpaired) electrons. The Morgan fingerprint density at radius 1 is 1.07 bits per heavy atom. The van der Waals surface area contributed by atoms with Crippen molar-refractivity contribution in [2.75, 3.05) is 17.5 Å². The third kappa shape index (κ3) is 6.22. The van der Waals surface area contributed by atoms with Gasteiger partial charge in [-0.2, -0.15) is 0 Å². The van der Waals surface area contributed by atoms with Crippen molar-refractivity contribution in [1.82, 2.24) is 5.32 Å². The van der Waals surface area contributed by atoms with Crippen molar-refractivity contribution in [3.8, 4) is 5.75 Å². The Labute approximate surface area is 173 Å². The van der Waals surface area contributed by atoms with Crippen molar-refractivity contribution in [1.29, 1.82) is 0 Å². The molecule has 2 rings (SSSR count). The Morgan fingerprint density at radius 3 is 2.24 bits per heavy atom. The van der Waals surface area contributed by atoms with Gasteiger partial charge >= 0.3 is 0 Å². The fraction of sp³-hybridized carbons (Fsp3) is 0.409. The smallest absolute Gasteiger partial charge is 0.264 e. The third-order valence-corrected chi connectivity index (χ3v) is 6.25. The van der Waals surface area contributed by atoms with E-state index in [-0.39, 0.29) is 23.4 Å². The van der Waals surface area contributed by atoms with Crippen LogP contribution in [0, 0.1) is 6.92 Å². The second-order valence-corrected chi connectivity index (χ2v) is 8.87. The van der Waals surface area contributed by atoms with Gasteiger partial charge < -0.3 is 10.1 Å². The van der Waals surface area contributed by atoms with Gasteiger partial charge in [-0.05, 0) is 63.6 Å². The monoisotopic (exact) mass is 418 g/mol. The van der Waals surface area contributed by atoms with E-state index in [2.05, 4.69) is 5.32 Å². The van der Waals surface area contributed by atoms with E-state index in [1.807, 2.05) is 39.8 Å². The summed E-state index contributed by atoms with van der Waals surface area (Å²) in [6.45, 7) is 7.96. The molecule has 0 unspecified atom stereocenters. The summed E-state index contributed by atoms with van der Waals surface area (Å²) in [5, 5.41) is 2.88. The fourth-order valence-corrected chi connectivity index (χ4v) is 4.40. The van der Waals surface area contributed by atoms with E-state index in [1.165, 1.54) is 12.1 Å². The van der Waals surface area contributed by atoms with E-state index >= 15 is 0 Å². The first-order valence-electron chi connectivity index (χ1n) is 9.89. The number of anilines is 1. The number of rotatable bonds is 10. The summed E-state index contributed by atoms with van der Waals surface area (Å²) in [7, 11) is -3.92. The van der Waals surface area contributed by atoms with Crippen LogP contribution in [0.15, 0.2) is 53.4 Å². The summed E-state index contributed by atoms with van der Waals surface area (Å²) in [6, 6.07) is 13.3. The van der Waals surface area contributed by atoms with Gasteiger partial charge in [0.15, 0.2) is 0 Å². The zero-order chi connectivity index (χ0) is 21.4. The molecular weight excluding hydrogens is 388 g/mol. The van der Waals surface area contributed by atoms with Crippen LogP contribution >= 0.6 is 0 Å². The molecule has 1 atom stereocenters. The van der Waals surface area contributed by atoms with E-state index in [0.717, 1.165) is 22.7 Å². The molecule has 0 aromatic heterocycles. The topological polar surface area (TPSA) is 75.7 Å². The van der Waals surface area contributed by atoms with Crippen LogP contribution in [0.2, 0.25) is 0 Å². The van der Waals surface area contributed by atoms with Gasteiger partial charge in [-0.15, -0.1) is 0 Å². The van der Waals surface area contributed by atoms with Gasteiger partial charge in [-0.1, -0.05) is 31.0 Å². The molecule has 0 spiro atoms. The summed E-state index contributed by atoms with van der Waals surface area (Å²) in [6.07, 6.45) is 1.77. The molecule has 1 N–H and O–H groups in total. The first kappa shape index (κ1) is 22.7. The molecule has 0 aliphatic carbocycles. The number of amides is 1. The summed E-state index contributed by atoms with van der Waals surface area (Å²) < 4.78 is 33.2. The Bertz CT molecular complexity index is 893. The number of nitrogens with zero attached hydrogens (tertiary/aromatic N) is 1. The zero-order valence-electron chi connectivity index (χ0n) is 17.5. The molecular formula is C22H30N2O4S. The molecule has 0 saturated carbocycles. The van der Waals surface area contributed by atoms with Crippen LogP contribution in [0.1, 0.15) is 39.2 Å². The first-order valence-corrected chi connectivity index (χ1v) is 11.3. The third-order valence-electron chi connectivity index (χ3n) is 4.46. The maximum atomic E-state index is 13.3. The molecule has 158 valence electrons. The van der Waals surface area contributed by atoms with Crippen molar-refractivity contribution < 1.29 is 17.9 Å². The SMILES string of the molecule is CCC[C@@H](C)NC(=O)CN(c1ccc(C)cc1)S(=O)(=O)c1ccc(OCC)cc1. The standard InChI is InChI=1S/C22H30N2O4S/c1-5-7-18(4)23-22(25)16-24(19-10-8-17(3)9-11-19)29(26,27)21-14-12-20(13-15-21)28-6-2/h8-15,18H,5-7,16H2,1-4H3,(H,23,25)/t18-/m1/s1. The van der Waals surface area contributed by atoms with E-state index in [4.69, 9.17) is 4.74 Å². The number of hydrogen-bond acceptors (Lipinski definition) is 4. The maximum Gasteiger partial charge on any atom is 0.264 e. The number of ether oxygens (including phenoxy) is 1. The van der Waals surface area contributed by atoms with Crippen molar-refractivity contribution in [2.45, 2.75) is 51.5 Å². The number of carbonyl (C=O) groups is 1. The van der Waals surface area contributed by atoms with Gasteiger partial charge in [0.25, 0.3) is 10.0 Å². The molecule has 0 heterocycles. The van der Waals surface area contributed by atoms with Crippen molar-refractivity contribution in [3.05, 3.63) is 54.1 Å². The lowest BCUT2D eigenvalue weighted by atomic mass is 10.2. The minimum absolute atomic E-state index is 0.0134. The predicted molar refractivity (Wildman–Crippen MR) is 116 cm³/mol. The molecule has 2 aromatic carbocycles. The normalized spacial score (nSPS) is 12.3. The van der Waals surface area contributed by atoms with Crippen LogP contribution in [-0.2, 0) is 14.8 Å². The minimum Gasteiger partial charge on any atom is -0.494 e. The largest absolute Gasteiger partial charge is 0.494 e. The van der Waals surface area contributed by atoms with Crippen LogP contribution in [0.4, 0.5) is 5.69 Å². The maximum absolute atomic E-state index is 13.3. The number of benzene rings is 2. The number of sulfonamides is 1. The molecule has 0 aliphatic rings. The summed E-state index contributed by atoms with van der Waals surface area (Å²) >= 11 is 0. The Hall–Kier alpha value is -2.54.